The van der Waals surface area contributed by atoms with Gasteiger partial charge >= 0.3 is 0 Å². The molecule has 0 aliphatic carbocycles. The van der Waals surface area contributed by atoms with Crippen molar-refractivity contribution in [2.24, 2.45) is 5.92 Å². The van der Waals surface area contributed by atoms with Crippen molar-refractivity contribution >= 4 is 0 Å². The highest BCUT2D eigenvalue weighted by atomic mass is 15.3. The molecule has 2 aliphatic rings. The Bertz CT molecular complexity index is 301. The van der Waals surface area contributed by atoms with E-state index >= 15 is 0 Å². The molecule has 0 radical (unpaired) electrons. The molecule has 158 valence electrons. The standard InChI is InChI=1S/C12H26N2.C8H18N2.C2H6/c1-11(2)14-9-6-12(7-10-14)5-8-13(3)4;1-8(2)10-6-4-9(3)5-7-10;1-2/h11-12H,5-10H2,1-4H3;8H,4-7H2,1-3H3;1-2H3. The minimum Gasteiger partial charge on any atom is -0.309 e. The van der Waals surface area contributed by atoms with Gasteiger partial charge in [0.2, 0.25) is 0 Å². The van der Waals surface area contributed by atoms with Crippen molar-refractivity contribution in [1.29, 1.82) is 0 Å². The van der Waals surface area contributed by atoms with Gasteiger partial charge in [0.05, 0.1) is 0 Å². The van der Waals surface area contributed by atoms with Gasteiger partial charge in [0.1, 0.15) is 0 Å². The summed E-state index contributed by atoms with van der Waals surface area (Å²) in [6, 6.07) is 1.47. The van der Waals surface area contributed by atoms with Crippen molar-refractivity contribution in [2.75, 3.05) is 67.0 Å². The van der Waals surface area contributed by atoms with Gasteiger partial charge in [0, 0.05) is 38.3 Å². The summed E-state index contributed by atoms with van der Waals surface area (Å²) in [5, 5.41) is 0. The molecule has 2 aliphatic heterocycles. The monoisotopic (exact) mass is 370 g/mol. The molecule has 0 unspecified atom stereocenters. The van der Waals surface area contributed by atoms with E-state index < -0.39 is 0 Å². The zero-order chi connectivity index (χ0) is 20.1. The van der Waals surface area contributed by atoms with Crippen LogP contribution in [0.5, 0.6) is 0 Å². The van der Waals surface area contributed by atoms with Crippen LogP contribution in [0.1, 0.15) is 60.8 Å². The number of piperazine rings is 1. The van der Waals surface area contributed by atoms with E-state index in [2.05, 4.69) is 68.4 Å². The molecular weight excluding hydrogens is 320 g/mol. The molecule has 0 amide bonds. The Labute approximate surface area is 165 Å². The first-order chi connectivity index (χ1) is 12.3. The van der Waals surface area contributed by atoms with Gasteiger partial charge in [-0.1, -0.05) is 13.8 Å². The maximum Gasteiger partial charge on any atom is 0.0112 e. The highest BCUT2D eigenvalue weighted by molar-refractivity contribution is 4.75. The van der Waals surface area contributed by atoms with Gasteiger partial charge in [-0.3, -0.25) is 4.90 Å². The number of piperidine rings is 1. The molecule has 4 nitrogen and oxygen atoms in total. The van der Waals surface area contributed by atoms with Crippen LogP contribution < -0.4 is 0 Å². The minimum atomic E-state index is 0.730. The summed E-state index contributed by atoms with van der Waals surface area (Å²) in [7, 11) is 6.53. The normalized spacial score (nSPS) is 20.8. The third kappa shape index (κ3) is 11.5. The summed E-state index contributed by atoms with van der Waals surface area (Å²) in [5.41, 5.74) is 0. The molecule has 0 bridgehead atoms. The van der Waals surface area contributed by atoms with Crippen LogP contribution in [-0.4, -0.2) is 98.6 Å². The van der Waals surface area contributed by atoms with Crippen LogP contribution in [0.2, 0.25) is 0 Å². The first kappa shape index (κ1) is 25.8. The van der Waals surface area contributed by atoms with Gasteiger partial charge in [-0.05, 0) is 93.7 Å². The summed E-state index contributed by atoms with van der Waals surface area (Å²) in [4.78, 5) is 9.82. The van der Waals surface area contributed by atoms with Gasteiger partial charge in [-0.15, -0.1) is 0 Å². The van der Waals surface area contributed by atoms with Crippen LogP contribution in [0.3, 0.4) is 0 Å². The number of likely N-dealkylation sites (N-methyl/N-ethyl adjacent to an activating group) is 1. The van der Waals surface area contributed by atoms with Gasteiger partial charge in [-0.25, -0.2) is 0 Å². The fourth-order valence-corrected chi connectivity index (χ4v) is 3.54. The van der Waals surface area contributed by atoms with Gasteiger partial charge < -0.3 is 14.7 Å². The first-order valence-corrected chi connectivity index (χ1v) is 11.1. The molecule has 2 fully saturated rings. The Kier molecular flexibility index (Phi) is 14.8. The second-order valence-corrected chi connectivity index (χ2v) is 8.60. The van der Waals surface area contributed by atoms with E-state index in [0.29, 0.717) is 0 Å². The van der Waals surface area contributed by atoms with Crippen LogP contribution >= 0.6 is 0 Å². The van der Waals surface area contributed by atoms with Crippen LogP contribution in [0.4, 0.5) is 0 Å². The van der Waals surface area contributed by atoms with E-state index in [0.717, 1.165) is 18.0 Å². The average Bonchev–Trinajstić information content (AvgIpc) is 2.63. The fraction of sp³-hybridized carbons (Fsp3) is 1.00. The number of rotatable bonds is 5. The van der Waals surface area contributed by atoms with E-state index in [4.69, 9.17) is 0 Å². The SMILES string of the molecule is CC.CC(C)N1CCC(CCN(C)C)CC1.CC(C)N1CCN(C)CC1. The summed E-state index contributed by atoms with van der Waals surface area (Å²) in [5.74, 6) is 0.979. The first-order valence-electron chi connectivity index (χ1n) is 11.1. The molecule has 0 aromatic heterocycles. The predicted octanol–water partition coefficient (Wildman–Crippen LogP) is 3.73. The summed E-state index contributed by atoms with van der Waals surface area (Å²) in [6.07, 6.45) is 4.21. The second kappa shape index (κ2) is 14.8. The zero-order valence-electron chi connectivity index (χ0n) is 19.6. The number of hydrogen-bond acceptors (Lipinski definition) is 4. The Balaban J connectivity index is 0.000000458. The molecule has 2 heterocycles. The maximum absolute atomic E-state index is 2.60. The second-order valence-electron chi connectivity index (χ2n) is 8.60. The lowest BCUT2D eigenvalue weighted by atomic mass is 9.93. The summed E-state index contributed by atoms with van der Waals surface area (Å²) < 4.78 is 0. The average molecular weight is 371 g/mol. The van der Waals surface area contributed by atoms with Crippen molar-refractivity contribution in [1.82, 2.24) is 19.6 Å². The smallest absolute Gasteiger partial charge is 0.0112 e. The predicted molar refractivity (Wildman–Crippen MR) is 118 cm³/mol. The lowest BCUT2D eigenvalue weighted by Crippen LogP contribution is -2.47. The third-order valence-electron chi connectivity index (χ3n) is 5.63. The Morgan fingerprint density at radius 1 is 0.769 bits per heavy atom. The lowest BCUT2D eigenvalue weighted by molar-refractivity contribution is 0.126. The van der Waals surface area contributed by atoms with E-state index in [1.807, 2.05) is 13.8 Å². The van der Waals surface area contributed by atoms with Crippen molar-refractivity contribution in [2.45, 2.75) is 72.9 Å². The Morgan fingerprint density at radius 3 is 1.58 bits per heavy atom. The number of nitrogens with zero attached hydrogens (tertiary/aromatic N) is 4. The largest absolute Gasteiger partial charge is 0.309 e. The van der Waals surface area contributed by atoms with E-state index in [1.165, 1.54) is 65.1 Å². The van der Waals surface area contributed by atoms with Crippen LogP contribution in [0, 0.1) is 5.92 Å². The van der Waals surface area contributed by atoms with Crippen LogP contribution in [0.15, 0.2) is 0 Å². The van der Waals surface area contributed by atoms with E-state index in [-0.39, 0.29) is 0 Å². The minimum absolute atomic E-state index is 0.730. The van der Waals surface area contributed by atoms with E-state index in [1.54, 1.807) is 0 Å². The quantitative estimate of drug-likeness (QED) is 0.731. The number of likely N-dealkylation sites (tertiary alicyclic amines) is 1. The lowest BCUT2D eigenvalue weighted by Gasteiger charge is -2.34. The van der Waals surface area contributed by atoms with Crippen molar-refractivity contribution in [3.63, 3.8) is 0 Å². The molecule has 0 saturated carbocycles. The molecular formula is C22H50N4. The van der Waals surface area contributed by atoms with Gasteiger partial charge in [0.25, 0.3) is 0 Å². The highest BCUT2D eigenvalue weighted by Gasteiger charge is 2.20. The van der Waals surface area contributed by atoms with Crippen molar-refractivity contribution in [3.8, 4) is 0 Å². The third-order valence-corrected chi connectivity index (χ3v) is 5.63. The molecule has 2 rings (SSSR count). The van der Waals surface area contributed by atoms with Crippen LogP contribution in [-0.2, 0) is 0 Å². The van der Waals surface area contributed by atoms with Gasteiger partial charge in [-0.2, -0.15) is 0 Å². The molecule has 0 aromatic carbocycles. The summed E-state index contributed by atoms with van der Waals surface area (Å²) >= 11 is 0. The van der Waals surface area contributed by atoms with Crippen molar-refractivity contribution in [3.05, 3.63) is 0 Å². The molecule has 4 heteroatoms. The molecule has 0 atom stereocenters. The number of hydrogen-bond donors (Lipinski definition) is 0. The maximum atomic E-state index is 2.60. The van der Waals surface area contributed by atoms with Gasteiger partial charge in [0.15, 0.2) is 0 Å². The van der Waals surface area contributed by atoms with Crippen molar-refractivity contribution < 1.29 is 0 Å². The molecule has 26 heavy (non-hydrogen) atoms. The summed E-state index contributed by atoms with van der Waals surface area (Å²) in [6.45, 7) is 22.0. The molecule has 2 saturated heterocycles. The molecule has 0 N–H and O–H groups in total. The Hall–Kier alpha value is -0.160. The topological polar surface area (TPSA) is 13.0 Å². The Morgan fingerprint density at radius 2 is 1.19 bits per heavy atom. The highest BCUT2D eigenvalue weighted by Crippen LogP contribution is 2.21. The molecule has 0 aromatic rings. The van der Waals surface area contributed by atoms with Crippen LogP contribution in [0.25, 0.3) is 0 Å². The zero-order valence-corrected chi connectivity index (χ0v) is 19.6. The fourth-order valence-electron chi connectivity index (χ4n) is 3.54. The van der Waals surface area contributed by atoms with E-state index in [9.17, 15) is 0 Å². The molecule has 0 spiro atoms.